The Labute approximate surface area is 81.5 Å². The SMILES string of the molecule is CCCCN1CCC(CC#N)CC1. The van der Waals surface area contributed by atoms with E-state index < -0.39 is 0 Å². The molecule has 0 saturated carbocycles. The number of nitrogens with zero attached hydrogens (tertiary/aromatic N) is 2. The van der Waals surface area contributed by atoms with Crippen LogP contribution in [0.15, 0.2) is 0 Å². The van der Waals surface area contributed by atoms with E-state index >= 15 is 0 Å². The predicted molar refractivity (Wildman–Crippen MR) is 54.3 cm³/mol. The highest BCUT2D eigenvalue weighted by Gasteiger charge is 2.17. The van der Waals surface area contributed by atoms with E-state index in [4.69, 9.17) is 5.26 Å². The lowest BCUT2D eigenvalue weighted by Gasteiger charge is -2.30. The molecule has 0 amide bonds. The fourth-order valence-electron chi connectivity index (χ4n) is 1.92. The van der Waals surface area contributed by atoms with Crippen molar-refractivity contribution in [3.8, 4) is 6.07 Å². The Hall–Kier alpha value is -0.550. The zero-order valence-corrected chi connectivity index (χ0v) is 8.63. The lowest BCUT2D eigenvalue weighted by Crippen LogP contribution is -2.34. The molecule has 0 spiro atoms. The summed E-state index contributed by atoms with van der Waals surface area (Å²) in [4.78, 5) is 2.54. The summed E-state index contributed by atoms with van der Waals surface area (Å²) in [5.74, 6) is 0.683. The van der Waals surface area contributed by atoms with Gasteiger partial charge in [-0.15, -0.1) is 0 Å². The van der Waals surface area contributed by atoms with Gasteiger partial charge in [-0.3, -0.25) is 0 Å². The van der Waals surface area contributed by atoms with E-state index in [1.54, 1.807) is 0 Å². The summed E-state index contributed by atoms with van der Waals surface area (Å²) < 4.78 is 0. The second-order valence-electron chi connectivity index (χ2n) is 4.00. The van der Waals surface area contributed by atoms with Crippen LogP contribution in [-0.4, -0.2) is 24.5 Å². The average molecular weight is 180 g/mol. The molecule has 0 aromatic heterocycles. The average Bonchev–Trinajstić information content (AvgIpc) is 2.17. The minimum absolute atomic E-state index is 0.683. The molecular weight excluding hydrogens is 160 g/mol. The van der Waals surface area contributed by atoms with Crippen LogP contribution in [0.2, 0.25) is 0 Å². The van der Waals surface area contributed by atoms with Crippen molar-refractivity contribution in [2.24, 2.45) is 5.92 Å². The highest BCUT2D eigenvalue weighted by Crippen LogP contribution is 2.19. The van der Waals surface area contributed by atoms with E-state index in [-0.39, 0.29) is 0 Å². The molecule has 0 aromatic rings. The van der Waals surface area contributed by atoms with Gasteiger partial charge in [0.05, 0.1) is 6.07 Å². The molecular formula is C11H20N2. The van der Waals surface area contributed by atoms with Gasteiger partial charge in [-0.25, -0.2) is 0 Å². The van der Waals surface area contributed by atoms with Crippen LogP contribution >= 0.6 is 0 Å². The Morgan fingerprint density at radius 1 is 1.38 bits per heavy atom. The maximum Gasteiger partial charge on any atom is 0.0624 e. The van der Waals surface area contributed by atoms with Crippen molar-refractivity contribution < 1.29 is 0 Å². The van der Waals surface area contributed by atoms with Crippen molar-refractivity contribution in [3.05, 3.63) is 0 Å². The van der Waals surface area contributed by atoms with Crippen LogP contribution in [0.4, 0.5) is 0 Å². The molecule has 2 nitrogen and oxygen atoms in total. The first-order valence-corrected chi connectivity index (χ1v) is 5.46. The van der Waals surface area contributed by atoms with E-state index in [0.29, 0.717) is 5.92 Å². The zero-order chi connectivity index (χ0) is 9.52. The minimum atomic E-state index is 0.683. The summed E-state index contributed by atoms with van der Waals surface area (Å²) in [5, 5.41) is 8.56. The fraction of sp³-hybridized carbons (Fsp3) is 0.909. The third-order valence-corrected chi connectivity index (χ3v) is 2.92. The molecule has 0 radical (unpaired) electrons. The lowest BCUT2D eigenvalue weighted by atomic mass is 9.94. The number of rotatable bonds is 4. The molecule has 74 valence electrons. The molecule has 0 N–H and O–H groups in total. The number of nitriles is 1. The predicted octanol–water partition coefficient (Wildman–Crippen LogP) is 2.41. The van der Waals surface area contributed by atoms with Crippen LogP contribution in [0.5, 0.6) is 0 Å². The topological polar surface area (TPSA) is 27.0 Å². The van der Waals surface area contributed by atoms with Crippen molar-refractivity contribution in [2.45, 2.75) is 39.0 Å². The molecule has 0 atom stereocenters. The first-order valence-electron chi connectivity index (χ1n) is 5.46. The van der Waals surface area contributed by atoms with Gasteiger partial charge < -0.3 is 4.90 Å². The molecule has 1 aliphatic heterocycles. The maximum atomic E-state index is 8.56. The van der Waals surface area contributed by atoms with Crippen molar-refractivity contribution in [2.75, 3.05) is 19.6 Å². The molecule has 1 aliphatic rings. The highest BCUT2D eigenvalue weighted by molar-refractivity contribution is 4.80. The van der Waals surface area contributed by atoms with Crippen molar-refractivity contribution in [1.82, 2.24) is 4.90 Å². The summed E-state index contributed by atoms with van der Waals surface area (Å²) in [6.07, 6.45) is 5.84. The van der Waals surface area contributed by atoms with Crippen LogP contribution in [0.3, 0.4) is 0 Å². The van der Waals surface area contributed by atoms with E-state index in [9.17, 15) is 0 Å². The van der Waals surface area contributed by atoms with Gasteiger partial charge in [0.25, 0.3) is 0 Å². The van der Waals surface area contributed by atoms with E-state index in [0.717, 1.165) is 6.42 Å². The lowest BCUT2D eigenvalue weighted by molar-refractivity contribution is 0.184. The van der Waals surface area contributed by atoms with Crippen molar-refractivity contribution in [1.29, 1.82) is 5.26 Å². The van der Waals surface area contributed by atoms with Crippen LogP contribution < -0.4 is 0 Å². The second-order valence-corrected chi connectivity index (χ2v) is 4.00. The fourth-order valence-corrected chi connectivity index (χ4v) is 1.92. The molecule has 1 heterocycles. The van der Waals surface area contributed by atoms with Crippen molar-refractivity contribution in [3.63, 3.8) is 0 Å². The number of likely N-dealkylation sites (tertiary alicyclic amines) is 1. The largest absolute Gasteiger partial charge is 0.303 e. The molecule has 0 aliphatic carbocycles. The quantitative estimate of drug-likeness (QED) is 0.664. The van der Waals surface area contributed by atoms with Gasteiger partial charge in [-0.2, -0.15) is 5.26 Å². The third-order valence-electron chi connectivity index (χ3n) is 2.92. The highest BCUT2D eigenvalue weighted by atomic mass is 15.1. The van der Waals surface area contributed by atoms with Gasteiger partial charge >= 0.3 is 0 Å². The van der Waals surface area contributed by atoms with Crippen LogP contribution in [0.1, 0.15) is 39.0 Å². The minimum Gasteiger partial charge on any atom is -0.303 e. The summed E-state index contributed by atoms with van der Waals surface area (Å²) in [6.45, 7) is 5.93. The van der Waals surface area contributed by atoms with E-state index in [1.165, 1.54) is 45.3 Å². The standard InChI is InChI=1S/C11H20N2/c1-2-3-8-13-9-5-11(4-7-12)6-10-13/h11H,2-6,8-10H2,1H3. The molecule has 1 fully saturated rings. The first-order chi connectivity index (χ1) is 6.36. The molecule has 0 unspecified atom stereocenters. The Balaban J connectivity index is 2.12. The summed E-state index contributed by atoms with van der Waals surface area (Å²) in [6, 6.07) is 2.28. The third kappa shape index (κ3) is 3.78. The molecule has 1 saturated heterocycles. The van der Waals surface area contributed by atoms with E-state index in [2.05, 4.69) is 17.9 Å². The summed E-state index contributed by atoms with van der Waals surface area (Å²) in [5.41, 5.74) is 0. The van der Waals surface area contributed by atoms with Gasteiger partial charge in [-0.1, -0.05) is 13.3 Å². The number of hydrogen-bond acceptors (Lipinski definition) is 2. The first kappa shape index (κ1) is 10.5. The summed E-state index contributed by atoms with van der Waals surface area (Å²) in [7, 11) is 0. The number of piperidine rings is 1. The number of hydrogen-bond donors (Lipinski definition) is 0. The Bertz CT molecular complexity index is 163. The normalized spacial score (nSPS) is 20.0. The monoisotopic (exact) mass is 180 g/mol. The smallest absolute Gasteiger partial charge is 0.0624 e. The molecule has 1 rings (SSSR count). The van der Waals surface area contributed by atoms with Gasteiger partial charge in [-0.05, 0) is 44.8 Å². The molecule has 2 heteroatoms. The van der Waals surface area contributed by atoms with Crippen LogP contribution in [-0.2, 0) is 0 Å². The zero-order valence-electron chi connectivity index (χ0n) is 8.63. The van der Waals surface area contributed by atoms with Gasteiger partial charge in [0.2, 0.25) is 0 Å². The van der Waals surface area contributed by atoms with Crippen molar-refractivity contribution >= 4 is 0 Å². The summed E-state index contributed by atoms with van der Waals surface area (Å²) >= 11 is 0. The molecule has 0 bridgehead atoms. The second kappa shape index (κ2) is 5.99. The Morgan fingerprint density at radius 3 is 2.62 bits per heavy atom. The Morgan fingerprint density at radius 2 is 2.08 bits per heavy atom. The van der Waals surface area contributed by atoms with Gasteiger partial charge in [0.15, 0.2) is 0 Å². The number of unbranched alkanes of at least 4 members (excludes halogenated alkanes) is 1. The van der Waals surface area contributed by atoms with Gasteiger partial charge in [0.1, 0.15) is 0 Å². The van der Waals surface area contributed by atoms with Gasteiger partial charge in [0, 0.05) is 6.42 Å². The molecule has 13 heavy (non-hydrogen) atoms. The molecule has 0 aromatic carbocycles. The Kier molecular flexibility index (Phi) is 4.85. The maximum absolute atomic E-state index is 8.56. The van der Waals surface area contributed by atoms with Crippen LogP contribution in [0.25, 0.3) is 0 Å². The van der Waals surface area contributed by atoms with E-state index in [1.807, 2.05) is 0 Å². The van der Waals surface area contributed by atoms with Crippen LogP contribution in [0, 0.1) is 17.2 Å².